The van der Waals surface area contributed by atoms with Gasteiger partial charge in [0, 0.05) is 12.5 Å². The molecule has 0 amide bonds. The largest absolute Gasteiger partial charge is 0.292 e. The van der Waals surface area contributed by atoms with E-state index < -0.39 is 17.4 Å². The van der Waals surface area contributed by atoms with Crippen molar-refractivity contribution in [2.24, 2.45) is 0 Å². The molecule has 13 heavy (non-hydrogen) atoms. The molecule has 1 aromatic carbocycles. The van der Waals surface area contributed by atoms with Crippen molar-refractivity contribution in [3.63, 3.8) is 0 Å². The van der Waals surface area contributed by atoms with Crippen LogP contribution in [0.1, 0.15) is 12.5 Å². The van der Waals surface area contributed by atoms with Crippen molar-refractivity contribution in [1.82, 2.24) is 0 Å². The summed E-state index contributed by atoms with van der Waals surface area (Å²) in [6.07, 6.45) is 0. The van der Waals surface area contributed by atoms with Crippen LogP contribution in [0, 0.1) is 0 Å². The van der Waals surface area contributed by atoms with E-state index in [-0.39, 0.29) is 5.56 Å². The highest BCUT2D eigenvalue weighted by molar-refractivity contribution is 5.97. The van der Waals surface area contributed by atoms with Gasteiger partial charge in [-0.1, -0.05) is 30.3 Å². The van der Waals surface area contributed by atoms with E-state index in [0.717, 1.165) is 6.92 Å². The maximum atomic E-state index is 13.1. The summed E-state index contributed by atoms with van der Waals surface area (Å²) in [7, 11) is 0. The number of benzene rings is 1. The number of allylic oxidation sites excluding steroid dienone is 1. The van der Waals surface area contributed by atoms with Crippen molar-refractivity contribution < 1.29 is 13.6 Å². The zero-order valence-electron chi connectivity index (χ0n) is 7.05. The van der Waals surface area contributed by atoms with Gasteiger partial charge in [0.05, 0.1) is 0 Å². The molecule has 0 unspecified atom stereocenters. The van der Waals surface area contributed by atoms with Crippen LogP contribution in [-0.4, -0.2) is 5.78 Å². The molecule has 1 rings (SSSR count). The lowest BCUT2D eigenvalue weighted by atomic mass is 10.2. The number of rotatable bonds is 2. The molecule has 3 heteroatoms. The maximum Gasteiger partial charge on any atom is 0.201 e. The lowest BCUT2D eigenvalue weighted by Crippen LogP contribution is -1.92. The van der Waals surface area contributed by atoms with Crippen molar-refractivity contribution in [3.8, 4) is 0 Å². The van der Waals surface area contributed by atoms with Crippen LogP contribution in [0.2, 0.25) is 0 Å². The van der Waals surface area contributed by atoms with Crippen LogP contribution in [0.5, 0.6) is 0 Å². The highest BCUT2D eigenvalue weighted by Crippen LogP contribution is 2.21. The molecular weight excluding hydrogens is 174 g/mol. The highest BCUT2D eigenvalue weighted by atomic mass is 19.2. The maximum absolute atomic E-state index is 13.1. The third-order valence-electron chi connectivity index (χ3n) is 1.53. The molecule has 0 spiro atoms. The molecule has 0 aromatic heterocycles. The summed E-state index contributed by atoms with van der Waals surface area (Å²) < 4.78 is 25.8. The molecule has 68 valence electrons. The molecule has 0 bridgehead atoms. The van der Waals surface area contributed by atoms with Gasteiger partial charge in [-0.15, -0.1) is 0 Å². The fraction of sp³-hybridized carbons (Fsp3) is 0.100. The number of Topliss-reactive ketones (excluding diaryl/α,β-unsaturated/α-hetero) is 1. The summed E-state index contributed by atoms with van der Waals surface area (Å²) in [4.78, 5) is 10.5. The van der Waals surface area contributed by atoms with E-state index in [4.69, 9.17) is 0 Å². The van der Waals surface area contributed by atoms with Gasteiger partial charge < -0.3 is 0 Å². The predicted octanol–water partition coefficient (Wildman–Crippen LogP) is 2.88. The van der Waals surface area contributed by atoms with Crippen LogP contribution in [0.3, 0.4) is 0 Å². The quantitative estimate of drug-likeness (QED) is 0.642. The van der Waals surface area contributed by atoms with Gasteiger partial charge >= 0.3 is 0 Å². The van der Waals surface area contributed by atoms with Crippen LogP contribution in [0.4, 0.5) is 8.78 Å². The molecule has 0 heterocycles. The van der Waals surface area contributed by atoms with Gasteiger partial charge in [0.25, 0.3) is 0 Å². The molecular formula is C10H8F2O. The fourth-order valence-electron chi connectivity index (χ4n) is 0.866. The Morgan fingerprint density at radius 2 is 1.69 bits per heavy atom. The molecule has 0 aliphatic rings. The first-order valence-corrected chi connectivity index (χ1v) is 3.74. The molecule has 0 aliphatic carbocycles. The number of halogens is 2. The first-order valence-electron chi connectivity index (χ1n) is 3.74. The van der Waals surface area contributed by atoms with Gasteiger partial charge in [0.2, 0.25) is 5.83 Å². The van der Waals surface area contributed by atoms with Gasteiger partial charge in [0.1, 0.15) is 0 Å². The second-order valence-corrected chi connectivity index (χ2v) is 2.55. The summed E-state index contributed by atoms with van der Waals surface area (Å²) in [5.41, 5.74) is 0.0789. The minimum atomic E-state index is -1.33. The molecule has 0 radical (unpaired) electrons. The van der Waals surface area contributed by atoms with Crippen LogP contribution in [0.25, 0.3) is 5.83 Å². The van der Waals surface area contributed by atoms with Crippen LogP contribution in [-0.2, 0) is 4.79 Å². The average Bonchev–Trinajstić information content (AvgIpc) is 2.17. The fourth-order valence-corrected chi connectivity index (χ4v) is 0.866. The average molecular weight is 182 g/mol. The Labute approximate surface area is 74.7 Å². The first-order chi connectivity index (χ1) is 6.13. The number of carbonyl (C=O) groups excluding carboxylic acids is 1. The van der Waals surface area contributed by atoms with E-state index in [0.29, 0.717) is 0 Å². The monoisotopic (exact) mass is 182 g/mol. The predicted molar refractivity (Wildman–Crippen MR) is 46.3 cm³/mol. The lowest BCUT2D eigenvalue weighted by Gasteiger charge is -1.97. The summed E-state index contributed by atoms with van der Waals surface area (Å²) in [5, 5.41) is 0. The topological polar surface area (TPSA) is 17.1 Å². The number of ketones is 1. The van der Waals surface area contributed by atoms with E-state index in [2.05, 4.69) is 0 Å². The Morgan fingerprint density at radius 1 is 1.15 bits per heavy atom. The van der Waals surface area contributed by atoms with Crippen LogP contribution < -0.4 is 0 Å². The Balaban J connectivity index is 3.11. The van der Waals surface area contributed by atoms with Crippen molar-refractivity contribution in [2.45, 2.75) is 6.92 Å². The van der Waals surface area contributed by atoms with Crippen LogP contribution in [0.15, 0.2) is 36.2 Å². The molecule has 0 saturated carbocycles. The standard InChI is InChI=1S/C10H8F2O/c1-7(13)9(11)10(12)8-5-3-2-4-6-8/h2-6H,1H3/b10-9+. The van der Waals surface area contributed by atoms with E-state index in [9.17, 15) is 13.6 Å². The van der Waals surface area contributed by atoms with Gasteiger partial charge in [-0.2, -0.15) is 4.39 Å². The normalized spacial score (nSPS) is 12.2. The summed E-state index contributed by atoms with van der Waals surface area (Å²) >= 11 is 0. The third-order valence-corrected chi connectivity index (χ3v) is 1.53. The van der Waals surface area contributed by atoms with Crippen LogP contribution >= 0.6 is 0 Å². The molecule has 1 aromatic rings. The van der Waals surface area contributed by atoms with Crippen molar-refractivity contribution in [2.75, 3.05) is 0 Å². The van der Waals surface area contributed by atoms with Crippen molar-refractivity contribution in [1.29, 1.82) is 0 Å². The molecule has 0 fully saturated rings. The van der Waals surface area contributed by atoms with E-state index >= 15 is 0 Å². The minimum Gasteiger partial charge on any atom is -0.292 e. The van der Waals surface area contributed by atoms with E-state index in [1.165, 1.54) is 12.1 Å². The number of hydrogen-bond acceptors (Lipinski definition) is 1. The number of hydrogen-bond donors (Lipinski definition) is 0. The number of carbonyl (C=O) groups is 1. The second-order valence-electron chi connectivity index (χ2n) is 2.55. The summed E-state index contributed by atoms with van der Waals surface area (Å²) in [5.74, 6) is -3.33. The Morgan fingerprint density at radius 3 is 2.15 bits per heavy atom. The van der Waals surface area contributed by atoms with Crippen molar-refractivity contribution >= 4 is 11.6 Å². The van der Waals surface area contributed by atoms with Gasteiger partial charge in [-0.25, -0.2) is 4.39 Å². The summed E-state index contributed by atoms with van der Waals surface area (Å²) in [6, 6.07) is 7.63. The SMILES string of the molecule is CC(=O)/C(F)=C(\F)c1ccccc1. The minimum absolute atomic E-state index is 0.0789. The lowest BCUT2D eigenvalue weighted by molar-refractivity contribution is -0.114. The molecule has 0 saturated heterocycles. The molecule has 1 nitrogen and oxygen atoms in total. The molecule has 0 aliphatic heterocycles. The molecule has 0 N–H and O–H groups in total. The zero-order valence-corrected chi connectivity index (χ0v) is 7.05. The van der Waals surface area contributed by atoms with E-state index in [1.807, 2.05) is 0 Å². The van der Waals surface area contributed by atoms with Crippen molar-refractivity contribution in [3.05, 3.63) is 41.7 Å². The highest BCUT2D eigenvalue weighted by Gasteiger charge is 2.11. The summed E-state index contributed by atoms with van der Waals surface area (Å²) in [6.45, 7) is 0.984. The smallest absolute Gasteiger partial charge is 0.201 e. The first kappa shape index (κ1) is 9.58. The zero-order chi connectivity index (χ0) is 9.84. The Hall–Kier alpha value is -1.51. The third kappa shape index (κ3) is 2.21. The van der Waals surface area contributed by atoms with Gasteiger partial charge in [0.15, 0.2) is 11.6 Å². The van der Waals surface area contributed by atoms with E-state index in [1.54, 1.807) is 18.2 Å². The van der Waals surface area contributed by atoms with Gasteiger partial charge in [-0.05, 0) is 0 Å². The Bertz CT molecular complexity index is 341. The van der Waals surface area contributed by atoms with Gasteiger partial charge in [-0.3, -0.25) is 4.79 Å². The Kier molecular flexibility index (Phi) is 2.90. The second kappa shape index (κ2) is 3.94. The molecule has 0 atom stereocenters.